The minimum atomic E-state index is -0.682. The van der Waals surface area contributed by atoms with E-state index >= 15 is 0 Å². The zero-order valence-electron chi connectivity index (χ0n) is 40.9. The molecule has 0 heterocycles. The van der Waals surface area contributed by atoms with Crippen molar-refractivity contribution in [2.45, 2.75) is 302 Å². The first-order valence-corrected chi connectivity index (χ1v) is 27.1. The summed E-state index contributed by atoms with van der Waals surface area (Å²) in [7, 11) is 0. The third-order valence-electron chi connectivity index (χ3n) is 12.5. The Kier molecular flexibility index (Phi) is 49.6. The molecule has 6 nitrogen and oxygen atoms in total. The molecule has 2 unspecified atom stereocenters. The molecule has 0 aromatic rings. The van der Waals surface area contributed by atoms with Crippen molar-refractivity contribution in [3.05, 3.63) is 24.3 Å². The Morgan fingerprint density at radius 1 is 0.443 bits per heavy atom. The summed E-state index contributed by atoms with van der Waals surface area (Å²) in [6.07, 6.45) is 60.1. The molecule has 360 valence electrons. The Bertz CT molecular complexity index is 951. The maximum atomic E-state index is 12.5. The molecule has 2 atom stereocenters. The number of aliphatic hydroxyl groups is 2. The number of carbonyl (C=O) groups is 2. The van der Waals surface area contributed by atoms with Gasteiger partial charge in [-0.25, -0.2) is 0 Å². The molecule has 61 heavy (non-hydrogen) atoms. The topological polar surface area (TPSA) is 95.9 Å². The van der Waals surface area contributed by atoms with Crippen LogP contribution in [0.1, 0.15) is 290 Å². The molecule has 0 bridgehead atoms. The zero-order valence-corrected chi connectivity index (χ0v) is 40.9. The molecule has 0 saturated carbocycles. The number of hydrogen-bond donors (Lipinski definition) is 3. The van der Waals surface area contributed by atoms with Gasteiger partial charge in [-0.05, 0) is 70.6 Å². The Balaban J connectivity index is 3.51. The van der Waals surface area contributed by atoms with Gasteiger partial charge in [-0.1, -0.05) is 231 Å². The van der Waals surface area contributed by atoms with Crippen LogP contribution >= 0.6 is 0 Å². The van der Waals surface area contributed by atoms with Crippen molar-refractivity contribution in [2.75, 3.05) is 13.2 Å². The van der Waals surface area contributed by atoms with E-state index in [0.29, 0.717) is 25.9 Å². The summed E-state index contributed by atoms with van der Waals surface area (Å²) in [6, 6.07) is -0.562. The van der Waals surface area contributed by atoms with E-state index in [1.807, 2.05) is 0 Å². The lowest BCUT2D eigenvalue weighted by Crippen LogP contribution is -2.45. The van der Waals surface area contributed by atoms with E-state index in [2.05, 4.69) is 43.5 Å². The molecule has 0 radical (unpaired) electrons. The number of allylic oxidation sites excluding steroid dienone is 4. The maximum absolute atomic E-state index is 12.5. The van der Waals surface area contributed by atoms with E-state index in [1.54, 1.807) is 0 Å². The molecule has 0 fully saturated rings. The quantitative estimate of drug-likeness (QED) is 0.0322. The second-order valence-corrected chi connectivity index (χ2v) is 18.6. The molecular weight excluding hydrogens is 755 g/mol. The highest BCUT2D eigenvalue weighted by Crippen LogP contribution is 2.17. The van der Waals surface area contributed by atoms with Crippen LogP contribution in [-0.4, -0.2) is 47.4 Å². The Hall–Kier alpha value is -1.66. The van der Waals surface area contributed by atoms with Crippen LogP contribution in [0.25, 0.3) is 0 Å². The van der Waals surface area contributed by atoms with Crippen LogP contribution in [0.2, 0.25) is 0 Å². The Morgan fingerprint density at radius 3 is 1.23 bits per heavy atom. The molecule has 3 N–H and O–H groups in total. The van der Waals surface area contributed by atoms with Gasteiger partial charge in [0.25, 0.3) is 0 Å². The Morgan fingerprint density at radius 2 is 0.787 bits per heavy atom. The van der Waals surface area contributed by atoms with Gasteiger partial charge < -0.3 is 20.3 Å². The summed E-state index contributed by atoms with van der Waals surface area (Å²) in [5, 5.41) is 23.3. The number of nitrogens with one attached hydrogen (secondary N) is 1. The van der Waals surface area contributed by atoms with Crippen LogP contribution < -0.4 is 5.32 Å². The predicted molar refractivity (Wildman–Crippen MR) is 264 cm³/mol. The fourth-order valence-electron chi connectivity index (χ4n) is 8.26. The number of esters is 1. The van der Waals surface area contributed by atoms with Crippen LogP contribution in [0.3, 0.4) is 0 Å². The smallest absolute Gasteiger partial charge is 0.305 e. The van der Waals surface area contributed by atoms with Gasteiger partial charge in [-0.15, -0.1) is 0 Å². The van der Waals surface area contributed by atoms with Crippen molar-refractivity contribution < 1.29 is 24.5 Å². The minimum absolute atomic E-state index is 0.0234. The number of ether oxygens (including phenoxy) is 1. The second kappa shape index (κ2) is 51.0. The van der Waals surface area contributed by atoms with Crippen molar-refractivity contribution in [3.8, 4) is 0 Å². The first-order chi connectivity index (χ1) is 30.0. The average Bonchev–Trinajstić information content (AvgIpc) is 3.26. The molecule has 0 aromatic carbocycles. The lowest BCUT2D eigenvalue weighted by Gasteiger charge is -2.22. The highest BCUT2D eigenvalue weighted by molar-refractivity contribution is 5.76. The van der Waals surface area contributed by atoms with Crippen LogP contribution in [-0.2, 0) is 14.3 Å². The first kappa shape index (κ1) is 59.3. The average molecular weight is 860 g/mol. The van der Waals surface area contributed by atoms with Crippen molar-refractivity contribution in [2.24, 2.45) is 0 Å². The van der Waals surface area contributed by atoms with Crippen molar-refractivity contribution in [1.29, 1.82) is 0 Å². The summed E-state index contributed by atoms with van der Waals surface area (Å²) in [5.74, 6) is -0.0869. The summed E-state index contributed by atoms with van der Waals surface area (Å²) >= 11 is 0. The van der Waals surface area contributed by atoms with Gasteiger partial charge >= 0.3 is 5.97 Å². The number of amides is 1. The van der Waals surface area contributed by atoms with Gasteiger partial charge in [0.05, 0.1) is 25.4 Å². The number of aliphatic hydroxyl groups excluding tert-OH is 2. The van der Waals surface area contributed by atoms with Crippen LogP contribution in [0.5, 0.6) is 0 Å². The van der Waals surface area contributed by atoms with Crippen molar-refractivity contribution in [3.63, 3.8) is 0 Å². The van der Waals surface area contributed by atoms with Crippen LogP contribution in [0.15, 0.2) is 24.3 Å². The SMILES string of the molecule is CCCC/C=C\CCCCCCCC(=O)OCCCCCCCC/C=C\CCCCCC(=O)NC(CO)C(O)CCCCCCCCCCCCCCCCCCCCCC. The van der Waals surface area contributed by atoms with E-state index in [9.17, 15) is 19.8 Å². The minimum Gasteiger partial charge on any atom is -0.466 e. The largest absolute Gasteiger partial charge is 0.466 e. The molecule has 6 heteroatoms. The maximum Gasteiger partial charge on any atom is 0.305 e. The Labute approximate surface area is 380 Å². The number of rotatable bonds is 50. The summed E-state index contributed by atoms with van der Waals surface area (Å²) in [5.41, 5.74) is 0. The number of carbonyl (C=O) groups excluding carboxylic acids is 2. The van der Waals surface area contributed by atoms with E-state index in [1.165, 1.54) is 186 Å². The molecule has 1 amide bonds. The van der Waals surface area contributed by atoms with Gasteiger partial charge in [-0.2, -0.15) is 0 Å². The van der Waals surface area contributed by atoms with Gasteiger partial charge in [0, 0.05) is 12.8 Å². The molecule has 0 rings (SSSR count). The third kappa shape index (κ3) is 47.7. The molecule has 0 aliphatic carbocycles. The highest BCUT2D eigenvalue weighted by atomic mass is 16.5. The van der Waals surface area contributed by atoms with Gasteiger partial charge in [0.1, 0.15) is 0 Å². The first-order valence-electron chi connectivity index (χ1n) is 27.1. The fraction of sp³-hybridized carbons (Fsp3) is 0.891. The zero-order chi connectivity index (χ0) is 44.4. The number of hydrogen-bond acceptors (Lipinski definition) is 5. The molecular formula is C55H105NO5. The van der Waals surface area contributed by atoms with Gasteiger partial charge in [0.15, 0.2) is 0 Å². The molecule has 0 aromatic heterocycles. The van der Waals surface area contributed by atoms with E-state index in [4.69, 9.17) is 4.74 Å². The predicted octanol–water partition coefficient (Wildman–Crippen LogP) is 16.3. The fourth-order valence-corrected chi connectivity index (χ4v) is 8.26. The summed E-state index contributed by atoms with van der Waals surface area (Å²) in [4.78, 5) is 24.4. The van der Waals surface area contributed by atoms with Crippen LogP contribution in [0, 0.1) is 0 Å². The van der Waals surface area contributed by atoms with Gasteiger partial charge in [-0.3, -0.25) is 9.59 Å². The lowest BCUT2D eigenvalue weighted by molar-refractivity contribution is -0.143. The van der Waals surface area contributed by atoms with E-state index in [-0.39, 0.29) is 18.5 Å². The molecule has 0 saturated heterocycles. The highest BCUT2D eigenvalue weighted by Gasteiger charge is 2.20. The normalized spacial score (nSPS) is 12.8. The van der Waals surface area contributed by atoms with Crippen molar-refractivity contribution in [1.82, 2.24) is 5.32 Å². The summed E-state index contributed by atoms with van der Waals surface area (Å²) < 4.78 is 5.43. The molecule has 0 spiro atoms. The summed E-state index contributed by atoms with van der Waals surface area (Å²) in [6.45, 7) is 4.88. The van der Waals surface area contributed by atoms with Gasteiger partial charge in [0.2, 0.25) is 5.91 Å². The molecule has 0 aliphatic heterocycles. The monoisotopic (exact) mass is 860 g/mol. The molecule has 0 aliphatic rings. The standard InChI is InChI=1S/C55H105NO5/c1-3-5-7-9-11-13-15-16-17-18-19-20-21-22-24-28-31-35-39-43-47-53(58)52(51-57)56-54(59)48-44-40-36-32-29-25-23-26-30-34-38-42-46-50-61-55(60)49-45-41-37-33-27-14-12-10-8-6-4-2/h10,12,25,29,52-53,57-58H,3-9,11,13-24,26-28,30-51H2,1-2H3,(H,56,59)/b12-10-,29-25-. The number of unbranched alkanes of at least 4 members (excludes halogenated alkanes) is 35. The lowest BCUT2D eigenvalue weighted by atomic mass is 10.0. The van der Waals surface area contributed by atoms with Crippen molar-refractivity contribution >= 4 is 11.9 Å². The second-order valence-electron chi connectivity index (χ2n) is 18.6. The van der Waals surface area contributed by atoms with Crippen LogP contribution in [0.4, 0.5) is 0 Å². The van der Waals surface area contributed by atoms with E-state index < -0.39 is 12.1 Å². The third-order valence-corrected chi connectivity index (χ3v) is 12.5. The van der Waals surface area contributed by atoms with E-state index in [0.717, 1.165) is 70.6 Å².